The van der Waals surface area contributed by atoms with Crippen LogP contribution in [0.1, 0.15) is 30.0 Å². The lowest BCUT2D eigenvalue weighted by atomic mass is 10.1. The molecule has 1 aromatic carbocycles. The number of hydrogen-bond acceptors (Lipinski definition) is 2. The first-order chi connectivity index (χ1) is 8.88. The maximum absolute atomic E-state index is 13.1. The van der Waals surface area contributed by atoms with Crippen molar-refractivity contribution < 1.29 is 17.6 Å². The van der Waals surface area contributed by atoms with Gasteiger partial charge in [0.15, 0.2) is 17.5 Å². The first-order valence-electron chi connectivity index (χ1n) is 5.86. The largest absolute Gasteiger partial charge is 0.466 e. The number of nitrogens with one attached hydrogen (secondary N) is 1. The smallest absolute Gasteiger partial charge is 0.194 e. The summed E-state index contributed by atoms with van der Waals surface area (Å²) in [5.74, 6) is -2.39. The lowest BCUT2D eigenvalue weighted by molar-refractivity contribution is 0.447. The minimum absolute atomic E-state index is 0.183. The molecule has 0 radical (unpaired) electrons. The van der Waals surface area contributed by atoms with E-state index in [1.165, 1.54) is 0 Å². The Morgan fingerprint density at radius 1 is 1.05 bits per heavy atom. The van der Waals surface area contributed by atoms with Gasteiger partial charge in [-0.2, -0.15) is 0 Å². The molecule has 0 aliphatic heterocycles. The number of furan rings is 1. The summed E-state index contributed by atoms with van der Waals surface area (Å²) in [7, 11) is 0. The van der Waals surface area contributed by atoms with Gasteiger partial charge in [0.05, 0.1) is 6.04 Å². The van der Waals surface area contributed by atoms with Gasteiger partial charge >= 0.3 is 0 Å². The van der Waals surface area contributed by atoms with Crippen LogP contribution in [-0.2, 0) is 0 Å². The van der Waals surface area contributed by atoms with E-state index in [2.05, 4.69) is 5.32 Å². The van der Waals surface area contributed by atoms with Crippen LogP contribution in [0.3, 0.4) is 0 Å². The third-order valence-corrected chi connectivity index (χ3v) is 2.91. The van der Waals surface area contributed by atoms with Crippen molar-refractivity contribution in [2.24, 2.45) is 0 Å². The molecule has 0 bridgehead atoms. The van der Waals surface area contributed by atoms with Crippen LogP contribution in [0.2, 0.25) is 0 Å². The van der Waals surface area contributed by atoms with Crippen molar-refractivity contribution >= 4 is 5.69 Å². The van der Waals surface area contributed by atoms with Crippen LogP contribution in [0.15, 0.2) is 22.6 Å². The molecule has 0 saturated carbocycles. The molecule has 1 unspecified atom stereocenters. The molecule has 1 aromatic heterocycles. The van der Waals surface area contributed by atoms with Crippen molar-refractivity contribution in [3.05, 3.63) is 52.7 Å². The van der Waals surface area contributed by atoms with Gasteiger partial charge in [0, 0.05) is 23.4 Å². The Morgan fingerprint density at radius 3 is 2.11 bits per heavy atom. The van der Waals surface area contributed by atoms with Crippen LogP contribution >= 0.6 is 0 Å². The normalized spacial score (nSPS) is 12.5. The lowest BCUT2D eigenvalue weighted by Gasteiger charge is -2.15. The Bertz CT molecular complexity index is 584. The predicted molar refractivity (Wildman–Crippen MR) is 66.5 cm³/mol. The number of benzene rings is 1. The molecule has 0 fully saturated rings. The highest BCUT2D eigenvalue weighted by molar-refractivity contribution is 5.46. The fourth-order valence-electron chi connectivity index (χ4n) is 2.05. The van der Waals surface area contributed by atoms with Crippen LogP contribution in [0.5, 0.6) is 0 Å². The van der Waals surface area contributed by atoms with Gasteiger partial charge in [-0.15, -0.1) is 0 Å². The highest BCUT2D eigenvalue weighted by atomic mass is 19.2. The zero-order chi connectivity index (χ0) is 14.2. The van der Waals surface area contributed by atoms with Gasteiger partial charge in [0.1, 0.15) is 11.5 Å². The quantitative estimate of drug-likeness (QED) is 0.831. The summed E-state index contributed by atoms with van der Waals surface area (Å²) in [6.45, 7) is 5.46. The summed E-state index contributed by atoms with van der Waals surface area (Å²) >= 11 is 0. The van der Waals surface area contributed by atoms with Crippen LogP contribution in [-0.4, -0.2) is 0 Å². The molecule has 1 atom stereocenters. The molecule has 0 saturated heterocycles. The van der Waals surface area contributed by atoms with Crippen LogP contribution in [0, 0.1) is 31.3 Å². The maximum Gasteiger partial charge on any atom is 0.194 e. The second-order valence-electron chi connectivity index (χ2n) is 4.49. The van der Waals surface area contributed by atoms with E-state index in [4.69, 9.17) is 4.42 Å². The van der Waals surface area contributed by atoms with E-state index in [1.54, 1.807) is 0 Å². The van der Waals surface area contributed by atoms with Gasteiger partial charge in [-0.05, 0) is 26.8 Å². The summed E-state index contributed by atoms with van der Waals surface area (Å²) in [6, 6.07) is 3.50. The van der Waals surface area contributed by atoms with Crippen LogP contribution in [0.25, 0.3) is 0 Å². The molecule has 1 heterocycles. The van der Waals surface area contributed by atoms with Crippen LogP contribution < -0.4 is 5.32 Å². The van der Waals surface area contributed by atoms with E-state index in [-0.39, 0.29) is 11.7 Å². The lowest BCUT2D eigenvalue weighted by Crippen LogP contribution is -2.08. The first kappa shape index (κ1) is 13.5. The molecule has 102 valence electrons. The van der Waals surface area contributed by atoms with Crippen molar-refractivity contribution in [2.45, 2.75) is 26.8 Å². The fourth-order valence-corrected chi connectivity index (χ4v) is 2.05. The molecule has 2 nitrogen and oxygen atoms in total. The van der Waals surface area contributed by atoms with E-state index in [0.29, 0.717) is 0 Å². The minimum atomic E-state index is -1.46. The SMILES string of the molecule is Cc1cc(C(C)Nc2cc(F)c(F)c(F)c2)c(C)o1. The second kappa shape index (κ2) is 4.99. The van der Waals surface area contributed by atoms with Gasteiger partial charge in [0.25, 0.3) is 0 Å². The van der Waals surface area contributed by atoms with E-state index in [1.807, 2.05) is 26.8 Å². The molecular weight excluding hydrogens is 255 g/mol. The number of anilines is 1. The molecule has 2 aromatic rings. The van der Waals surface area contributed by atoms with Gasteiger partial charge in [0.2, 0.25) is 0 Å². The number of rotatable bonds is 3. The molecular formula is C14H14F3NO. The number of halogens is 3. The van der Waals surface area contributed by atoms with E-state index < -0.39 is 17.5 Å². The zero-order valence-electron chi connectivity index (χ0n) is 10.9. The Balaban J connectivity index is 2.24. The summed E-state index contributed by atoms with van der Waals surface area (Å²) < 4.78 is 44.4. The van der Waals surface area contributed by atoms with Crippen molar-refractivity contribution in [1.82, 2.24) is 0 Å². The number of hydrogen-bond donors (Lipinski definition) is 1. The topological polar surface area (TPSA) is 25.2 Å². The molecule has 5 heteroatoms. The van der Waals surface area contributed by atoms with Crippen molar-refractivity contribution in [2.75, 3.05) is 5.32 Å². The highest BCUT2D eigenvalue weighted by Crippen LogP contribution is 2.26. The van der Waals surface area contributed by atoms with Crippen molar-refractivity contribution in [3.63, 3.8) is 0 Å². The van der Waals surface area contributed by atoms with Crippen molar-refractivity contribution in [1.29, 1.82) is 0 Å². The van der Waals surface area contributed by atoms with E-state index >= 15 is 0 Å². The second-order valence-corrected chi connectivity index (χ2v) is 4.49. The maximum atomic E-state index is 13.1. The predicted octanol–water partition coefficient (Wildman–Crippen LogP) is 4.49. The Hall–Kier alpha value is -1.91. The zero-order valence-corrected chi connectivity index (χ0v) is 10.9. The highest BCUT2D eigenvalue weighted by Gasteiger charge is 2.15. The molecule has 0 amide bonds. The molecule has 0 aliphatic rings. The van der Waals surface area contributed by atoms with Gasteiger partial charge < -0.3 is 9.73 Å². The molecule has 19 heavy (non-hydrogen) atoms. The Labute approximate surface area is 109 Å². The molecule has 0 spiro atoms. The van der Waals surface area contributed by atoms with Gasteiger partial charge in [-0.1, -0.05) is 0 Å². The van der Waals surface area contributed by atoms with Gasteiger partial charge in [-0.25, -0.2) is 13.2 Å². The van der Waals surface area contributed by atoms with Crippen LogP contribution in [0.4, 0.5) is 18.9 Å². The average Bonchev–Trinajstić information content (AvgIpc) is 2.65. The third kappa shape index (κ3) is 2.75. The molecule has 2 rings (SSSR count). The summed E-state index contributed by atoms with van der Waals surface area (Å²) in [5.41, 5.74) is 1.07. The minimum Gasteiger partial charge on any atom is -0.466 e. The average molecular weight is 269 g/mol. The Morgan fingerprint density at radius 2 is 1.63 bits per heavy atom. The summed E-state index contributed by atoms with van der Waals surface area (Å²) in [5, 5.41) is 2.91. The van der Waals surface area contributed by atoms with Gasteiger partial charge in [-0.3, -0.25) is 0 Å². The monoisotopic (exact) mass is 269 g/mol. The van der Waals surface area contributed by atoms with Crippen molar-refractivity contribution in [3.8, 4) is 0 Å². The van der Waals surface area contributed by atoms with E-state index in [9.17, 15) is 13.2 Å². The standard InChI is InChI=1S/C14H14F3NO/c1-7-4-11(9(3)19-7)8(2)18-10-5-12(15)14(17)13(16)6-10/h4-6,8,18H,1-3H3. The molecule has 1 N–H and O–H groups in total. The first-order valence-corrected chi connectivity index (χ1v) is 5.86. The Kier molecular flexibility index (Phi) is 3.55. The fraction of sp³-hybridized carbons (Fsp3) is 0.286. The molecule has 0 aliphatic carbocycles. The summed E-state index contributed by atoms with van der Waals surface area (Å²) in [4.78, 5) is 0. The van der Waals surface area contributed by atoms with E-state index in [0.717, 1.165) is 29.2 Å². The third-order valence-electron chi connectivity index (χ3n) is 2.91. The number of aryl methyl sites for hydroxylation is 2. The summed E-state index contributed by atoms with van der Waals surface area (Å²) in [6.07, 6.45) is 0.